The Morgan fingerprint density at radius 1 is 0.339 bits per heavy atom. The molecule has 0 amide bonds. The Hall–Kier alpha value is -7.42. The number of rotatable bonds is 6. The van der Waals surface area contributed by atoms with Crippen molar-refractivity contribution in [3.63, 3.8) is 0 Å². The first-order chi connectivity index (χ1) is 30.3. The molecule has 10 aromatic rings. The SMILES string of the molecule is CC1(C)c2ccccc2-c2ccc(-c3ccc(N(c4ccc(-c5ccccc5)cc4)c4ccc5c(c4)C(C)(C)c4cc6oc7ccccc7c6c(-c6ccccc6)c4-5)cc3)cc21. The van der Waals surface area contributed by atoms with Crippen molar-refractivity contribution >= 4 is 39.0 Å². The lowest BCUT2D eigenvalue weighted by Crippen LogP contribution is -2.16. The first-order valence-electron chi connectivity index (χ1n) is 21.8. The van der Waals surface area contributed by atoms with Gasteiger partial charge in [-0.3, -0.25) is 0 Å². The van der Waals surface area contributed by atoms with Gasteiger partial charge in [-0.05, 0) is 127 Å². The molecule has 2 heteroatoms. The molecule has 0 bridgehead atoms. The molecule has 0 saturated heterocycles. The van der Waals surface area contributed by atoms with Gasteiger partial charge < -0.3 is 9.32 Å². The van der Waals surface area contributed by atoms with Crippen molar-refractivity contribution in [1.82, 2.24) is 0 Å². The third-order valence-electron chi connectivity index (χ3n) is 13.9. The van der Waals surface area contributed by atoms with E-state index in [1.807, 2.05) is 0 Å². The van der Waals surface area contributed by atoms with Crippen molar-refractivity contribution in [1.29, 1.82) is 0 Å². The van der Waals surface area contributed by atoms with E-state index in [0.29, 0.717) is 0 Å². The zero-order valence-electron chi connectivity index (χ0n) is 35.4. The molecule has 2 nitrogen and oxygen atoms in total. The lowest BCUT2D eigenvalue weighted by Gasteiger charge is -2.28. The van der Waals surface area contributed by atoms with Crippen molar-refractivity contribution in [2.24, 2.45) is 0 Å². The molecule has 0 fully saturated rings. The van der Waals surface area contributed by atoms with Gasteiger partial charge in [-0.1, -0.05) is 173 Å². The van der Waals surface area contributed by atoms with E-state index in [1.54, 1.807) is 0 Å². The fraction of sp³-hybridized carbons (Fsp3) is 0.100. The zero-order valence-corrected chi connectivity index (χ0v) is 35.4. The summed E-state index contributed by atoms with van der Waals surface area (Å²) in [6, 6.07) is 73.4. The van der Waals surface area contributed by atoms with Crippen LogP contribution in [0.3, 0.4) is 0 Å². The van der Waals surface area contributed by atoms with E-state index in [2.05, 4.69) is 233 Å². The molecule has 12 rings (SSSR count). The number of anilines is 3. The Morgan fingerprint density at radius 2 is 0.855 bits per heavy atom. The van der Waals surface area contributed by atoms with Gasteiger partial charge in [0.1, 0.15) is 11.2 Å². The van der Waals surface area contributed by atoms with Gasteiger partial charge in [0.2, 0.25) is 0 Å². The summed E-state index contributed by atoms with van der Waals surface area (Å²) >= 11 is 0. The highest BCUT2D eigenvalue weighted by molar-refractivity contribution is 6.17. The summed E-state index contributed by atoms with van der Waals surface area (Å²) < 4.78 is 6.63. The molecule has 0 aliphatic heterocycles. The Morgan fingerprint density at radius 3 is 1.58 bits per heavy atom. The minimum absolute atomic E-state index is 0.0505. The number of furan rings is 1. The lowest BCUT2D eigenvalue weighted by atomic mass is 9.81. The topological polar surface area (TPSA) is 16.4 Å². The van der Waals surface area contributed by atoms with Crippen molar-refractivity contribution in [3.8, 4) is 55.6 Å². The average molecular weight is 796 g/mol. The van der Waals surface area contributed by atoms with Gasteiger partial charge in [-0.25, -0.2) is 0 Å². The summed E-state index contributed by atoms with van der Waals surface area (Å²) in [5.41, 5.74) is 22.8. The van der Waals surface area contributed by atoms with E-state index in [0.717, 1.165) is 33.6 Å². The van der Waals surface area contributed by atoms with Crippen LogP contribution in [0.2, 0.25) is 0 Å². The molecular weight excluding hydrogens is 751 g/mol. The second-order valence-corrected chi connectivity index (χ2v) is 18.1. The van der Waals surface area contributed by atoms with Crippen LogP contribution in [-0.4, -0.2) is 0 Å². The maximum absolute atomic E-state index is 6.63. The van der Waals surface area contributed by atoms with Gasteiger partial charge in [0, 0.05) is 44.2 Å². The van der Waals surface area contributed by atoms with Gasteiger partial charge in [0.25, 0.3) is 0 Å². The zero-order chi connectivity index (χ0) is 41.7. The number of fused-ring (bicyclic) bond motifs is 9. The van der Waals surface area contributed by atoms with Crippen LogP contribution >= 0.6 is 0 Å². The number of para-hydroxylation sites is 1. The van der Waals surface area contributed by atoms with E-state index in [9.17, 15) is 0 Å². The van der Waals surface area contributed by atoms with E-state index >= 15 is 0 Å². The molecule has 2 aliphatic carbocycles. The molecule has 2 aliphatic rings. The van der Waals surface area contributed by atoms with Gasteiger partial charge in [-0.15, -0.1) is 0 Å². The van der Waals surface area contributed by atoms with E-state index in [-0.39, 0.29) is 10.8 Å². The molecule has 1 aromatic heterocycles. The van der Waals surface area contributed by atoms with Crippen LogP contribution in [0.5, 0.6) is 0 Å². The van der Waals surface area contributed by atoms with Crippen LogP contribution in [-0.2, 0) is 10.8 Å². The molecule has 1 heterocycles. The Kier molecular flexibility index (Phi) is 7.96. The first-order valence-corrected chi connectivity index (χ1v) is 21.8. The largest absolute Gasteiger partial charge is 0.456 e. The van der Waals surface area contributed by atoms with Crippen molar-refractivity contribution < 1.29 is 4.42 Å². The van der Waals surface area contributed by atoms with Crippen LogP contribution in [0.4, 0.5) is 17.1 Å². The number of hydrogen-bond acceptors (Lipinski definition) is 2. The monoisotopic (exact) mass is 795 g/mol. The van der Waals surface area contributed by atoms with Crippen LogP contribution in [0, 0.1) is 0 Å². The lowest BCUT2D eigenvalue weighted by molar-refractivity contribution is 0.647. The quantitative estimate of drug-likeness (QED) is 0.167. The highest BCUT2D eigenvalue weighted by Crippen LogP contribution is 2.57. The Labute approximate surface area is 363 Å². The second kappa shape index (κ2) is 13.5. The Balaban J connectivity index is 0.998. The molecule has 0 saturated carbocycles. The average Bonchev–Trinajstić information content (AvgIpc) is 3.88. The van der Waals surface area contributed by atoms with Crippen molar-refractivity contribution in [2.75, 3.05) is 4.90 Å². The Bertz CT molecular complexity index is 3370. The fourth-order valence-corrected chi connectivity index (χ4v) is 10.7. The maximum Gasteiger partial charge on any atom is 0.136 e. The molecule has 0 radical (unpaired) electrons. The molecule has 296 valence electrons. The summed E-state index contributed by atoms with van der Waals surface area (Å²) in [5, 5.41) is 2.32. The number of hydrogen-bond donors (Lipinski definition) is 0. The predicted molar refractivity (Wildman–Crippen MR) is 260 cm³/mol. The number of nitrogens with zero attached hydrogens (tertiary/aromatic N) is 1. The van der Waals surface area contributed by atoms with Gasteiger partial charge in [-0.2, -0.15) is 0 Å². The van der Waals surface area contributed by atoms with Crippen LogP contribution in [0.15, 0.2) is 205 Å². The summed E-state index contributed by atoms with van der Waals surface area (Å²) in [7, 11) is 0. The van der Waals surface area contributed by atoms with Crippen molar-refractivity contribution in [2.45, 2.75) is 38.5 Å². The normalized spacial score (nSPS) is 14.1. The molecule has 62 heavy (non-hydrogen) atoms. The molecule has 0 spiro atoms. The summed E-state index contributed by atoms with van der Waals surface area (Å²) in [6.45, 7) is 9.44. The summed E-state index contributed by atoms with van der Waals surface area (Å²) in [6.07, 6.45) is 0. The van der Waals surface area contributed by atoms with E-state index in [4.69, 9.17) is 4.42 Å². The minimum atomic E-state index is -0.287. The minimum Gasteiger partial charge on any atom is -0.456 e. The molecule has 0 unspecified atom stereocenters. The maximum atomic E-state index is 6.63. The molecule has 0 atom stereocenters. The van der Waals surface area contributed by atoms with Gasteiger partial charge in [0.05, 0.1) is 0 Å². The third-order valence-corrected chi connectivity index (χ3v) is 13.9. The predicted octanol–water partition coefficient (Wildman–Crippen LogP) is 16.7. The summed E-state index contributed by atoms with van der Waals surface area (Å²) in [5.74, 6) is 0. The highest BCUT2D eigenvalue weighted by Gasteiger charge is 2.40. The van der Waals surface area contributed by atoms with E-state index < -0.39 is 0 Å². The standard InChI is InChI=1S/C60H45NO/c1-59(2)50-21-13-11-19-46(50)47-33-27-42(35-51(47)59)40-25-30-44(31-26-40)61(43-28-23-39(24-29-43)38-15-7-5-8-16-38)45-32-34-48-52(36-45)60(3,4)53-37-55-58(49-20-12-14-22-54(49)62-55)56(57(48)53)41-17-9-6-10-18-41/h5-37H,1-4H3. The molecule has 0 N–H and O–H groups in total. The number of benzene rings is 9. The smallest absolute Gasteiger partial charge is 0.136 e. The fourth-order valence-electron chi connectivity index (χ4n) is 10.7. The van der Waals surface area contributed by atoms with Crippen LogP contribution in [0.1, 0.15) is 49.9 Å². The van der Waals surface area contributed by atoms with Crippen LogP contribution in [0.25, 0.3) is 77.6 Å². The van der Waals surface area contributed by atoms with Crippen LogP contribution < -0.4 is 4.90 Å². The molecule has 9 aromatic carbocycles. The van der Waals surface area contributed by atoms with Gasteiger partial charge >= 0.3 is 0 Å². The second-order valence-electron chi connectivity index (χ2n) is 18.1. The third kappa shape index (κ3) is 5.43. The van der Waals surface area contributed by atoms with Gasteiger partial charge in [0.15, 0.2) is 0 Å². The van der Waals surface area contributed by atoms with E-state index in [1.165, 1.54) is 83.3 Å². The first kappa shape index (κ1) is 36.4. The highest BCUT2D eigenvalue weighted by atomic mass is 16.3. The van der Waals surface area contributed by atoms with Crippen molar-refractivity contribution in [3.05, 3.63) is 222 Å². The molecular formula is C60H45NO. The summed E-state index contributed by atoms with van der Waals surface area (Å²) in [4.78, 5) is 2.41.